The maximum Gasteiger partial charge on any atom is 0.409 e. The van der Waals surface area contributed by atoms with E-state index >= 15 is 0 Å². The second-order valence-electron chi connectivity index (χ2n) is 7.86. The van der Waals surface area contributed by atoms with Gasteiger partial charge in [0.25, 0.3) is 5.91 Å². The van der Waals surface area contributed by atoms with E-state index in [2.05, 4.69) is 11.6 Å². The van der Waals surface area contributed by atoms with E-state index in [0.717, 1.165) is 15.8 Å². The predicted molar refractivity (Wildman–Crippen MR) is 129 cm³/mol. The number of allylic oxidation sites excluding steroid dienone is 1. The van der Waals surface area contributed by atoms with Crippen molar-refractivity contribution in [3.63, 3.8) is 0 Å². The number of fused-ring (bicyclic) bond motifs is 1. The zero-order valence-electron chi connectivity index (χ0n) is 19.2. The third kappa shape index (κ3) is 6.32. The van der Waals surface area contributed by atoms with Gasteiger partial charge in [-0.15, -0.1) is 6.58 Å². The van der Waals surface area contributed by atoms with Crippen LogP contribution in [0.2, 0.25) is 0 Å². The van der Waals surface area contributed by atoms with Gasteiger partial charge in [0.05, 0.1) is 16.8 Å². The Morgan fingerprint density at radius 3 is 2.47 bits per heavy atom. The third-order valence-corrected chi connectivity index (χ3v) is 7.63. The zero-order valence-corrected chi connectivity index (χ0v) is 20.9. The van der Waals surface area contributed by atoms with Crippen molar-refractivity contribution in [3.05, 3.63) is 41.2 Å². The number of carbonyl (C=O) groups is 3. The molecular formula is C22H28N4O6S2. The van der Waals surface area contributed by atoms with Crippen LogP contribution in [0.15, 0.2) is 35.8 Å². The smallest absolute Gasteiger partial charge is 0.409 e. The molecule has 0 saturated carbocycles. The van der Waals surface area contributed by atoms with E-state index in [1.165, 1.54) is 21.1 Å². The summed E-state index contributed by atoms with van der Waals surface area (Å²) in [5, 5.41) is 0. The lowest BCUT2D eigenvalue weighted by molar-refractivity contribution is -0.130. The SMILES string of the molecule is C=CCn1c(=NC(=O)CS(=O)(=O)CC(=O)N2CCN(C(=O)OCC)CC2)sc2cc(C)ccc21. The molecule has 3 rings (SSSR count). The molecule has 0 bridgehead atoms. The van der Waals surface area contributed by atoms with Crippen molar-refractivity contribution in [2.45, 2.75) is 20.4 Å². The first-order chi connectivity index (χ1) is 16.1. The number of sulfone groups is 1. The number of carbonyl (C=O) groups excluding carboxylic acids is 3. The molecule has 2 heterocycles. The summed E-state index contributed by atoms with van der Waals surface area (Å²) in [7, 11) is -4.01. The lowest BCUT2D eigenvalue weighted by Crippen LogP contribution is -2.52. The zero-order chi connectivity index (χ0) is 24.9. The molecule has 1 aromatic carbocycles. The number of benzene rings is 1. The van der Waals surface area contributed by atoms with Crippen molar-refractivity contribution in [1.29, 1.82) is 0 Å². The maximum absolute atomic E-state index is 12.5. The highest BCUT2D eigenvalue weighted by Gasteiger charge is 2.28. The van der Waals surface area contributed by atoms with Crippen LogP contribution in [0.4, 0.5) is 4.79 Å². The van der Waals surface area contributed by atoms with E-state index in [4.69, 9.17) is 4.74 Å². The quantitative estimate of drug-likeness (QED) is 0.521. The normalized spacial score (nSPS) is 14.9. The molecule has 10 nitrogen and oxygen atoms in total. The Bertz CT molecular complexity index is 1270. The van der Waals surface area contributed by atoms with E-state index in [0.29, 0.717) is 11.3 Å². The van der Waals surface area contributed by atoms with E-state index in [1.54, 1.807) is 17.6 Å². The number of ether oxygens (including phenoxy) is 1. The van der Waals surface area contributed by atoms with Gasteiger partial charge in [0.1, 0.15) is 11.5 Å². The highest BCUT2D eigenvalue weighted by atomic mass is 32.2. The molecule has 0 atom stereocenters. The number of hydrogen-bond acceptors (Lipinski definition) is 7. The Hall–Kier alpha value is -2.99. The first-order valence-corrected chi connectivity index (χ1v) is 13.5. The van der Waals surface area contributed by atoms with Crippen molar-refractivity contribution < 1.29 is 27.5 Å². The fourth-order valence-corrected chi connectivity index (χ4v) is 5.84. The number of aromatic nitrogens is 1. The Morgan fingerprint density at radius 1 is 1.15 bits per heavy atom. The minimum absolute atomic E-state index is 0.203. The second kappa shape index (κ2) is 11.0. The Morgan fingerprint density at radius 2 is 1.82 bits per heavy atom. The van der Waals surface area contributed by atoms with E-state index < -0.39 is 39.3 Å². The summed E-state index contributed by atoms with van der Waals surface area (Å²) in [6, 6.07) is 5.84. The van der Waals surface area contributed by atoms with Crippen LogP contribution in [-0.4, -0.2) is 85.0 Å². The average Bonchev–Trinajstić information content (AvgIpc) is 3.09. The van der Waals surface area contributed by atoms with Crippen LogP contribution in [0.5, 0.6) is 0 Å². The highest BCUT2D eigenvalue weighted by molar-refractivity contribution is 7.92. The molecule has 0 radical (unpaired) electrons. The number of aryl methyl sites for hydroxylation is 1. The monoisotopic (exact) mass is 508 g/mol. The Labute approximate surface area is 202 Å². The molecule has 0 spiro atoms. The number of piperazine rings is 1. The van der Waals surface area contributed by atoms with Gasteiger partial charge in [0, 0.05) is 32.7 Å². The molecule has 1 aliphatic rings. The van der Waals surface area contributed by atoms with Gasteiger partial charge in [-0.3, -0.25) is 9.59 Å². The summed E-state index contributed by atoms with van der Waals surface area (Å²) in [6.07, 6.45) is 1.21. The van der Waals surface area contributed by atoms with Crippen LogP contribution in [0.1, 0.15) is 12.5 Å². The van der Waals surface area contributed by atoms with E-state index in [9.17, 15) is 22.8 Å². The number of rotatable bonds is 7. The van der Waals surface area contributed by atoms with Gasteiger partial charge in [-0.25, -0.2) is 13.2 Å². The molecular weight excluding hydrogens is 480 g/mol. The lowest BCUT2D eigenvalue weighted by atomic mass is 10.2. The van der Waals surface area contributed by atoms with Gasteiger partial charge in [0.2, 0.25) is 5.91 Å². The van der Waals surface area contributed by atoms with E-state index in [-0.39, 0.29) is 32.8 Å². The van der Waals surface area contributed by atoms with Gasteiger partial charge in [-0.1, -0.05) is 23.5 Å². The molecule has 0 unspecified atom stereocenters. The summed E-state index contributed by atoms with van der Waals surface area (Å²) in [6.45, 7) is 8.98. The van der Waals surface area contributed by atoms with E-state index in [1.807, 2.05) is 25.1 Å². The Kier molecular flexibility index (Phi) is 8.26. The summed E-state index contributed by atoms with van der Waals surface area (Å²) < 4.78 is 32.7. The molecule has 1 aromatic heterocycles. The predicted octanol–water partition coefficient (Wildman–Crippen LogP) is 1.34. The molecule has 34 heavy (non-hydrogen) atoms. The Balaban J connectivity index is 1.66. The average molecular weight is 509 g/mol. The van der Waals surface area contributed by atoms with Crippen molar-refractivity contribution in [1.82, 2.24) is 14.4 Å². The molecule has 1 aliphatic heterocycles. The minimum Gasteiger partial charge on any atom is -0.450 e. The summed E-state index contributed by atoms with van der Waals surface area (Å²) in [5.41, 5.74) is 1.93. The topological polar surface area (TPSA) is 118 Å². The van der Waals surface area contributed by atoms with Gasteiger partial charge in [-0.05, 0) is 31.5 Å². The van der Waals surface area contributed by atoms with Gasteiger partial charge in [-0.2, -0.15) is 4.99 Å². The van der Waals surface area contributed by atoms with Crippen LogP contribution in [0, 0.1) is 6.92 Å². The number of nitrogens with zero attached hydrogens (tertiary/aromatic N) is 4. The molecule has 184 valence electrons. The minimum atomic E-state index is -4.01. The fourth-order valence-electron chi connectivity index (χ4n) is 3.58. The van der Waals surface area contributed by atoms with Crippen molar-refractivity contribution in [2.24, 2.45) is 4.99 Å². The van der Waals surface area contributed by atoms with Crippen LogP contribution < -0.4 is 4.80 Å². The number of thiazole rings is 1. The second-order valence-corrected chi connectivity index (χ2v) is 10.9. The summed E-state index contributed by atoms with van der Waals surface area (Å²) in [5.74, 6) is -3.08. The molecule has 1 saturated heterocycles. The van der Waals surface area contributed by atoms with Crippen molar-refractivity contribution in [3.8, 4) is 0 Å². The van der Waals surface area contributed by atoms with Crippen molar-refractivity contribution in [2.75, 3.05) is 44.3 Å². The highest BCUT2D eigenvalue weighted by Crippen LogP contribution is 2.19. The van der Waals surface area contributed by atoms with Gasteiger partial charge < -0.3 is 19.1 Å². The summed E-state index contributed by atoms with van der Waals surface area (Å²) in [4.78, 5) is 44.0. The molecule has 0 aliphatic carbocycles. The third-order valence-electron chi connectivity index (χ3n) is 5.22. The molecule has 2 aromatic rings. The largest absolute Gasteiger partial charge is 0.450 e. The number of amides is 3. The lowest BCUT2D eigenvalue weighted by Gasteiger charge is -2.34. The molecule has 1 fully saturated rings. The molecule has 3 amide bonds. The standard InChI is InChI=1S/C22H28N4O6S2/c1-4-8-26-17-7-6-16(3)13-18(17)33-21(26)23-19(27)14-34(30,31)15-20(28)24-9-11-25(12-10-24)22(29)32-5-2/h4,6-7,13H,1,5,8-12,14-15H2,2-3H3. The summed E-state index contributed by atoms with van der Waals surface area (Å²) >= 11 is 1.29. The first kappa shape index (κ1) is 25.6. The fraction of sp³-hybridized carbons (Fsp3) is 0.455. The van der Waals surface area contributed by atoms with Gasteiger partial charge in [0.15, 0.2) is 14.6 Å². The van der Waals surface area contributed by atoms with Crippen LogP contribution in [-0.2, 0) is 30.7 Å². The first-order valence-electron chi connectivity index (χ1n) is 10.8. The van der Waals surface area contributed by atoms with Crippen LogP contribution in [0.25, 0.3) is 10.2 Å². The number of hydrogen-bond donors (Lipinski definition) is 0. The van der Waals surface area contributed by atoms with Crippen LogP contribution >= 0.6 is 11.3 Å². The molecule has 12 heteroatoms. The van der Waals surface area contributed by atoms with Crippen LogP contribution in [0.3, 0.4) is 0 Å². The molecule has 0 N–H and O–H groups in total. The maximum atomic E-state index is 12.5. The van der Waals surface area contributed by atoms with Gasteiger partial charge >= 0.3 is 6.09 Å². The van der Waals surface area contributed by atoms with Crippen molar-refractivity contribution >= 4 is 49.3 Å².